The number of anilines is 1. The van der Waals surface area contributed by atoms with E-state index in [-0.39, 0.29) is 52.3 Å². The zero-order valence-corrected chi connectivity index (χ0v) is 18.4. The predicted molar refractivity (Wildman–Crippen MR) is 118 cm³/mol. The first-order chi connectivity index (χ1) is 16.7. The third kappa shape index (κ3) is 3.59. The van der Waals surface area contributed by atoms with E-state index in [4.69, 9.17) is 9.47 Å². The molecule has 35 heavy (non-hydrogen) atoms. The van der Waals surface area contributed by atoms with Gasteiger partial charge in [-0.1, -0.05) is 6.42 Å². The lowest BCUT2D eigenvalue weighted by molar-refractivity contribution is -0.160. The molecule has 0 atom stereocenters. The summed E-state index contributed by atoms with van der Waals surface area (Å²) in [6.07, 6.45) is 1.16. The van der Waals surface area contributed by atoms with Crippen molar-refractivity contribution in [2.75, 3.05) is 18.5 Å². The summed E-state index contributed by atoms with van der Waals surface area (Å²) in [7, 11) is 0. The van der Waals surface area contributed by atoms with Crippen LogP contribution in [0.2, 0.25) is 0 Å². The van der Waals surface area contributed by atoms with E-state index in [2.05, 4.69) is 20.3 Å². The molecule has 3 aliphatic rings. The van der Waals surface area contributed by atoms with E-state index in [1.165, 1.54) is 18.5 Å². The van der Waals surface area contributed by atoms with Crippen LogP contribution < -0.4 is 10.1 Å². The highest BCUT2D eigenvalue weighted by atomic mass is 19.4. The normalized spacial score (nSPS) is 20.2. The van der Waals surface area contributed by atoms with Gasteiger partial charge in [0.25, 0.3) is 6.02 Å². The fourth-order valence-corrected chi connectivity index (χ4v) is 4.89. The van der Waals surface area contributed by atoms with E-state index in [0.29, 0.717) is 13.2 Å². The summed E-state index contributed by atoms with van der Waals surface area (Å²) in [6, 6.07) is 3.52. The summed E-state index contributed by atoms with van der Waals surface area (Å²) in [5, 5.41) is 2.83. The maximum absolute atomic E-state index is 14.9. The van der Waals surface area contributed by atoms with Gasteiger partial charge in [0.1, 0.15) is 11.4 Å². The molecule has 0 unspecified atom stereocenters. The number of hydrogen-bond acceptors (Lipinski definition) is 5. The fourth-order valence-electron chi connectivity index (χ4n) is 4.89. The van der Waals surface area contributed by atoms with Gasteiger partial charge in [-0.25, -0.2) is 18.8 Å². The lowest BCUT2D eigenvalue weighted by atomic mass is 9.69. The van der Waals surface area contributed by atoms with Crippen molar-refractivity contribution in [3.8, 4) is 11.5 Å². The number of aliphatic imine (C=N–C) groups is 1. The summed E-state index contributed by atoms with van der Waals surface area (Å²) in [4.78, 5) is 11.1. The molecule has 0 bridgehead atoms. The molecular weight excluding hydrogens is 471 g/mol. The minimum absolute atomic E-state index is 0.0427. The van der Waals surface area contributed by atoms with E-state index in [9.17, 15) is 22.0 Å². The maximum Gasteiger partial charge on any atom is 0.398 e. The Bertz CT molecular complexity index is 1320. The van der Waals surface area contributed by atoms with Crippen LogP contribution in [0.4, 0.5) is 27.6 Å². The van der Waals surface area contributed by atoms with Crippen molar-refractivity contribution in [2.45, 2.75) is 43.7 Å². The maximum atomic E-state index is 14.9. The quantitative estimate of drug-likeness (QED) is 0.426. The molecule has 0 saturated heterocycles. The van der Waals surface area contributed by atoms with Crippen LogP contribution in [0.3, 0.4) is 0 Å². The molecule has 2 aliphatic carbocycles. The highest BCUT2D eigenvalue weighted by Gasteiger charge is 2.65. The first-order valence-electron chi connectivity index (χ1n) is 11.3. The zero-order chi connectivity index (χ0) is 24.4. The molecule has 6 rings (SSSR count). The molecule has 3 heterocycles. The molecule has 184 valence electrons. The number of alkyl halides is 3. The van der Waals surface area contributed by atoms with Gasteiger partial charge in [-0.2, -0.15) is 13.2 Å². The van der Waals surface area contributed by atoms with Crippen molar-refractivity contribution in [1.82, 2.24) is 9.97 Å². The highest BCUT2D eigenvalue weighted by molar-refractivity contribution is 5.90. The molecule has 0 radical (unpaired) electrons. The summed E-state index contributed by atoms with van der Waals surface area (Å²) < 4.78 is 82.2. The van der Waals surface area contributed by atoms with Crippen molar-refractivity contribution in [3.05, 3.63) is 47.8 Å². The van der Waals surface area contributed by atoms with Crippen LogP contribution >= 0.6 is 0 Å². The molecule has 3 aromatic rings. The van der Waals surface area contributed by atoms with Gasteiger partial charge in [0.05, 0.1) is 24.0 Å². The molecule has 11 heteroatoms. The van der Waals surface area contributed by atoms with Crippen molar-refractivity contribution in [1.29, 1.82) is 0 Å². The number of amidine groups is 1. The minimum atomic E-state index is -4.47. The van der Waals surface area contributed by atoms with Gasteiger partial charge in [0.15, 0.2) is 17.4 Å². The largest absolute Gasteiger partial charge is 0.464 e. The average Bonchev–Trinajstić information content (AvgIpc) is 3.49. The summed E-state index contributed by atoms with van der Waals surface area (Å²) in [6.45, 7) is 1.10. The van der Waals surface area contributed by atoms with Crippen molar-refractivity contribution < 1.29 is 31.4 Å². The van der Waals surface area contributed by atoms with Crippen LogP contribution in [0, 0.1) is 17.0 Å². The van der Waals surface area contributed by atoms with E-state index >= 15 is 0 Å². The van der Waals surface area contributed by atoms with Gasteiger partial charge in [-0.3, -0.25) is 0 Å². The third-order valence-corrected chi connectivity index (χ3v) is 7.29. The second-order valence-electron chi connectivity index (χ2n) is 9.57. The van der Waals surface area contributed by atoms with Crippen LogP contribution in [0.1, 0.15) is 37.7 Å². The molecule has 1 aromatic carbocycles. The Morgan fingerprint density at radius 1 is 1.09 bits per heavy atom. The van der Waals surface area contributed by atoms with Crippen LogP contribution in [0.15, 0.2) is 35.6 Å². The summed E-state index contributed by atoms with van der Waals surface area (Å²) >= 11 is 0. The average molecular weight is 492 g/mol. The standard InChI is InChI=1S/C24H21F5N4O2/c25-15-8-13(33-21-32-11-22(12-34-21)3-1-4-22)9-16(26)19(15)35-17-2-7-30-20-18(17)14(10-31-20)23(5-6-23)24(27,28)29/h2,7-10H,1,3-6,11-12H2,(H,30,31)(H,32,33). The monoisotopic (exact) mass is 492 g/mol. The van der Waals surface area contributed by atoms with Crippen LogP contribution in [-0.4, -0.2) is 35.3 Å². The molecule has 2 N–H and O–H groups in total. The minimum Gasteiger partial charge on any atom is -0.464 e. The van der Waals surface area contributed by atoms with Crippen molar-refractivity contribution in [3.63, 3.8) is 0 Å². The Hall–Kier alpha value is -3.37. The van der Waals surface area contributed by atoms with Gasteiger partial charge in [-0.05, 0) is 37.3 Å². The van der Waals surface area contributed by atoms with Crippen molar-refractivity contribution in [2.24, 2.45) is 10.4 Å². The number of pyridine rings is 1. The number of hydrogen-bond donors (Lipinski definition) is 2. The van der Waals surface area contributed by atoms with E-state index in [1.54, 1.807) is 0 Å². The first kappa shape index (κ1) is 22.1. The van der Waals surface area contributed by atoms with Crippen LogP contribution in [-0.2, 0) is 10.2 Å². The first-order valence-corrected chi connectivity index (χ1v) is 11.3. The number of halogens is 5. The van der Waals surface area contributed by atoms with E-state index in [1.807, 2.05) is 0 Å². The number of aromatic nitrogens is 2. The molecule has 1 aliphatic heterocycles. The lowest BCUT2D eigenvalue weighted by Gasteiger charge is -2.42. The Kier molecular flexibility index (Phi) is 4.78. The molecular formula is C24H21F5N4O2. The van der Waals surface area contributed by atoms with Crippen molar-refractivity contribution >= 4 is 22.7 Å². The third-order valence-electron chi connectivity index (χ3n) is 7.29. The molecule has 2 fully saturated rings. The number of H-pyrrole nitrogens is 1. The number of aromatic amines is 1. The van der Waals surface area contributed by atoms with Gasteiger partial charge >= 0.3 is 6.18 Å². The molecule has 6 nitrogen and oxygen atoms in total. The molecule has 1 spiro atoms. The van der Waals surface area contributed by atoms with E-state index < -0.39 is 29.0 Å². The molecule has 2 saturated carbocycles. The van der Waals surface area contributed by atoms with Crippen LogP contribution in [0.25, 0.3) is 11.0 Å². The predicted octanol–water partition coefficient (Wildman–Crippen LogP) is 6.20. The Morgan fingerprint density at radius 2 is 1.83 bits per heavy atom. The Labute approximate surface area is 196 Å². The molecule has 0 amide bonds. The number of fused-ring (bicyclic) bond motifs is 1. The summed E-state index contributed by atoms with van der Waals surface area (Å²) in [5.74, 6) is -2.91. The topological polar surface area (TPSA) is 71.5 Å². The zero-order valence-electron chi connectivity index (χ0n) is 18.4. The smallest absolute Gasteiger partial charge is 0.398 e. The number of ether oxygens (including phenoxy) is 2. The fraction of sp³-hybridized carbons (Fsp3) is 0.417. The highest BCUT2D eigenvalue weighted by Crippen LogP contribution is 2.61. The van der Waals surface area contributed by atoms with Gasteiger partial charge in [-0.15, -0.1) is 0 Å². The Balaban J connectivity index is 1.28. The summed E-state index contributed by atoms with van der Waals surface area (Å²) in [5.41, 5.74) is -1.76. The van der Waals surface area contributed by atoms with Gasteiger partial charge in [0.2, 0.25) is 0 Å². The second kappa shape index (κ2) is 7.56. The van der Waals surface area contributed by atoms with Gasteiger partial charge < -0.3 is 19.8 Å². The Morgan fingerprint density at radius 3 is 2.40 bits per heavy atom. The number of rotatable bonds is 4. The lowest BCUT2D eigenvalue weighted by Crippen LogP contribution is -2.42. The second-order valence-corrected chi connectivity index (χ2v) is 9.57. The number of nitrogens with one attached hydrogen (secondary N) is 2. The SMILES string of the molecule is Fc1cc(NC2=NCC3(CCC3)CO2)cc(F)c1Oc1ccnc2[nH]cc(C3(C(F)(F)F)CC3)c12. The number of benzene rings is 1. The molecule has 2 aromatic heterocycles. The number of nitrogens with zero attached hydrogens (tertiary/aromatic N) is 2. The van der Waals surface area contributed by atoms with E-state index in [0.717, 1.165) is 31.4 Å². The van der Waals surface area contributed by atoms with Gasteiger partial charge in [0, 0.05) is 35.6 Å². The van der Waals surface area contributed by atoms with Crippen LogP contribution in [0.5, 0.6) is 11.5 Å².